The van der Waals surface area contributed by atoms with Crippen molar-refractivity contribution in [3.63, 3.8) is 0 Å². The highest BCUT2D eigenvalue weighted by Crippen LogP contribution is 2.38. The Labute approximate surface area is 150 Å². The molecule has 26 heavy (non-hydrogen) atoms. The summed E-state index contributed by atoms with van der Waals surface area (Å²) < 4.78 is 13.0. The van der Waals surface area contributed by atoms with Crippen LogP contribution in [-0.4, -0.2) is 27.7 Å². The van der Waals surface area contributed by atoms with E-state index in [1.807, 2.05) is 26.8 Å². The molecule has 2 heterocycles. The molecule has 0 bridgehead atoms. The van der Waals surface area contributed by atoms with Gasteiger partial charge in [0.25, 0.3) is 5.56 Å². The van der Waals surface area contributed by atoms with Gasteiger partial charge in [-0.1, -0.05) is 39.0 Å². The maximum Gasteiger partial charge on any atom is 0.338 e. The molecule has 0 unspecified atom stereocenters. The number of benzene rings is 1. The monoisotopic (exact) mass is 358 g/mol. The fraction of sp³-hybridized carbons (Fsp3) is 0.421. The summed E-state index contributed by atoms with van der Waals surface area (Å²) in [5, 5.41) is 0. The zero-order chi connectivity index (χ0) is 18.8. The van der Waals surface area contributed by atoms with Gasteiger partial charge in [-0.3, -0.25) is 14.3 Å². The van der Waals surface area contributed by atoms with Crippen molar-refractivity contribution in [3.05, 3.63) is 69.0 Å². The second-order valence-electron chi connectivity index (χ2n) is 6.85. The van der Waals surface area contributed by atoms with Crippen LogP contribution in [0, 0.1) is 11.8 Å². The Balaban J connectivity index is 1.94. The Bertz CT molecular complexity index is 887. The zero-order valence-electron chi connectivity index (χ0n) is 14.9. The summed E-state index contributed by atoms with van der Waals surface area (Å²) >= 11 is 0. The predicted octanol–water partition coefficient (Wildman–Crippen LogP) is 1.95. The van der Waals surface area contributed by atoms with E-state index >= 15 is 0 Å². The molecule has 1 saturated heterocycles. The molecule has 138 valence electrons. The molecular weight excluding hydrogens is 336 g/mol. The van der Waals surface area contributed by atoms with Crippen LogP contribution >= 0.6 is 0 Å². The highest BCUT2D eigenvalue weighted by molar-refractivity contribution is 5.89. The van der Waals surface area contributed by atoms with Gasteiger partial charge in [-0.2, -0.15) is 0 Å². The standard InChI is InChI=1S/C19H22N2O5/c1-11(2)15-12(3)16(26-18(23)13-7-5-4-6-8-13)17(25-15)21-10-9-14(22)20-19(21)24/h4-12,15-17H,1-3H3,(H,20,22,24)/t12-,15-,16-,17-/m1/s1. The number of nitrogens with one attached hydrogen (secondary N) is 1. The van der Waals surface area contributed by atoms with Crippen LogP contribution in [0.2, 0.25) is 0 Å². The second-order valence-corrected chi connectivity index (χ2v) is 6.85. The van der Waals surface area contributed by atoms with Gasteiger partial charge >= 0.3 is 11.7 Å². The Morgan fingerprint density at radius 2 is 1.88 bits per heavy atom. The molecule has 0 radical (unpaired) electrons. The Hall–Kier alpha value is -2.67. The number of aromatic nitrogens is 2. The van der Waals surface area contributed by atoms with E-state index in [0.717, 1.165) is 0 Å². The van der Waals surface area contributed by atoms with Crippen LogP contribution in [0.25, 0.3) is 0 Å². The zero-order valence-corrected chi connectivity index (χ0v) is 14.9. The average Bonchev–Trinajstić information content (AvgIpc) is 2.92. The van der Waals surface area contributed by atoms with Crippen molar-refractivity contribution < 1.29 is 14.3 Å². The summed E-state index contributed by atoms with van der Waals surface area (Å²) in [6.07, 6.45) is -0.273. The minimum Gasteiger partial charge on any atom is -0.454 e. The molecule has 3 rings (SSSR count). The van der Waals surface area contributed by atoms with Gasteiger partial charge in [-0.25, -0.2) is 9.59 Å². The molecule has 2 aromatic rings. The third kappa shape index (κ3) is 3.48. The van der Waals surface area contributed by atoms with E-state index in [1.54, 1.807) is 24.3 Å². The average molecular weight is 358 g/mol. The van der Waals surface area contributed by atoms with Crippen molar-refractivity contribution in [1.82, 2.24) is 9.55 Å². The second kappa shape index (κ2) is 7.29. The van der Waals surface area contributed by atoms with Gasteiger partial charge in [0.15, 0.2) is 12.3 Å². The largest absolute Gasteiger partial charge is 0.454 e. The van der Waals surface area contributed by atoms with Crippen LogP contribution < -0.4 is 11.2 Å². The van der Waals surface area contributed by atoms with Gasteiger partial charge in [-0.15, -0.1) is 0 Å². The van der Waals surface area contributed by atoms with Gasteiger partial charge in [0.2, 0.25) is 0 Å². The van der Waals surface area contributed by atoms with Gasteiger partial charge in [-0.05, 0) is 18.1 Å². The summed E-state index contributed by atoms with van der Waals surface area (Å²) in [5.74, 6) is -0.421. The topological polar surface area (TPSA) is 90.4 Å². The third-order valence-electron chi connectivity index (χ3n) is 4.65. The first-order chi connectivity index (χ1) is 12.4. The van der Waals surface area contributed by atoms with Gasteiger partial charge in [0.05, 0.1) is 11.7 Å². The van der Waals surface area contributed by atoms with Crippen LogP contribution in [0.5, 0.6) is 0 Å². The Kier molecular flexibility index (Phi) is 5.08. The highest BCUT2D eigenvalue weighted by Gasteiger charge is 2.46. The van der Waals surface area contributed by atoms with E-state index in [0.29, 0.717) is 5.56 Å². The van der Waals surface area contributed by atoms with Crippen molar-refractivity contribution in [2.75, 3.05) is 0 Å². The highest BCUT2D eigenvalue weighted by atomic mass is 16.6. The van der Waals surface area contributed by atoms with Crippen LogP contribution in [0.4, 0.5) is 0 Å². The molecule has 0 spiro atoms. The maximum atomic E-state index is 12.5. The molecular formula is C19H22N2O5. The first-order valence-electron chi connectivity index (χ1n) is 8.61. The lowest BCUT2D eigenvalue weighted by Gasteiger charge is -2.23. The summed E-state index contributed by atoms with van der Waals surface area (Å²) in [5.41, 5.74) is -0.657. The molecule has 1 aliphatic heterocycles. The minimum absolute atomic E-state index is 0.119. The number of hydrogen-bond donors (Lipinski definition) is 1. The molecule has 0 aliphatic carbocycles. The molecule has 1 aromatic heterocycles. The van der Waals surface area contributed by atoms with E-state index in [1.165, 1.54) is 16.8 Å². The molecule has 1 aliphatic rings. The number of ether oxygens (including phenoxy) is 2. The van der Waals surface area contributed by atoms with Crippen molar-refractivity contribution in [1.29, 1.82) is 0 Å². The van der Waals surface area contributed by atoms with Crippen LogP contribution in [0.15, 0.2) is 52.2 Å². The maximum absolute atomic E-state index is 12.5. The smallest absolute Gasteiger partial charge is 0.338 e. The molecule has 7 heteroatoms. The summed E-state index contributed by atoms with van der Waals surface area (Å²) in [6.45, 7) is 5.95. The summed E-state index contributed by atoms with van der Waals surface area (Å²) in [7, 11) is 0. The first-order valence-corrected chi connectivity index (χ1v) is 8.61. The number of carbonyl (C=O) groups excluding carboxylic acids is 1. The summed E-state index contributed by atoms with van der Waals surface area (Å²) in [6, 6.07) is 9.91. The van der Waals surface area contributed by atoms with Crippen molar-refractivity contribution in [3.8, 4) is 0 Å². The SMILES string of the molecule is CC(C)[C@H]1O[C@@H](n2ccc(=O)[nH]c2=O)[C@H](OC(=O)c2ccccc2)[C@@H]1C. The predicted molar refractivity (Wildman–Crippen MR) is 94.9 cm³/mol. The molecule has 1 N–H and O–H groups in total. The molecule has 1 aromatic carbocycles. The molecule has 7 nitrogen and oxygen atoms in total. The van der Waals surface area contributed by atoms with E-state index < -0.39 is 29.6 Å². The van der Waals surface area contributed by atoms with Crippen LogP contribution in [0.3, 0.4) is 0 Å². The number of aromatic amines is 1. The number of esters is 1. The van der Waals surface area contributed by atoms with Crippen molar-refractivity contribution in [2.24, 2.45) is 11.8 Å². The fourth-order valence-corrected chi connectivity index (χ4v) is 3.36. The number of H-pyrrole nitrogens is 1. The molecule has 0 amide bonds. The first kappa shape index (κ1) is 18.1. The minimum atomic E-state index is -0.797. The lowest BCUT2D eigenvalue weighted by molar-refractivity contribution is -0.0594. The lowest BCUT2D eigenvalue weighted by atomic mass is 9.92. The van der Waals surface area contributed by atoms with Gasteiger partial charge in [0.1, 0.15) is 0 Å². The van der Waals surface area contributed by atoms with E-state index in [4.69, 9.17) is 9.47 Å². The number of nitrogens with zero attached hydrogens (tertiary/aromatic N) is 1. The lowest BCUT2D eigenvalue weighted by Crippen LogP contribution is -2.37. The van der Waals surface area contributed by atoms with Crippen LogP contribution in [-0.2, 0) is 9.47 Å². The van der Waals surface area contributed by atoms with Crippen LogP contribution in [0.1, 0.15) is 37.4 Å². The van der Waals surface area contributed by atoms with Crippen molar-refractivity contribution >= 4 is 5.97 Å². The third-order valence-corrected chi connectivity index (χ3v) is 4.65. The quantitative estimate of drug-likeness (QED) is 0.844. The number of hydrogen-bond acceptors (Lipinski definition) is 5. The van der Waals surface area contributed by atoms with E-state index in [9.17, 15) is 14.4 Å². The summed E-state index contributed by atoms with van der Waals surface area (Å²) in [4.78, 5) is 38.3. The molecule has 1 fully saturated rings. The Morgan fingerprint density at radius 3 is 2.50 bits per heavy atom. The molecule has 0 saturated carbocycles. The Morgan fingerprint density at radius 1 is 1.19 bits per heavy atom. The molecule has 4 atom stereocenters. The van der Waals surface area contributed by atoms with Gasteiger partial charge in [0, 0.05) is 18.2 Å². The normalized spacial score (nSPS) is 25.4. The fourth-order valence-electron chi connectivity index (χ4n) is 3.36. The number of carbonyl (C=O) groups is 1. The van der Waals surface area contributed by atoms with Gasteiger partial charge < -0.3 is 9.47 Å². The van der Waals surface area contributed by atoms with Crippen molar-refractivity contribution in [2.45, 2.75) is 39.2 Å². The van der Waals surface area contributed by atoms with E-state index in [-0.39, 0.29) is 17.9 Å². The number of rotatable bonds is 4. The van der Waals surface area contributed by atoms with E-state index in [2.05, 4.69) is 4.98 Å².